The number of rotatable bonds is 1. The van der Waals surface area contributed by atoms with Crippen molar-refractivity contribution in [2.45, 2.75) is 38.0 Å². The Bertz CT molecular complexity index is 746. The minimum atomic E-state index is -0.285. The van der Waals surface area contributed by atoms with Crippen LogP contribution in [0.25, 0.3) is 0 Å². The van der Waals surface area contributed by atoms with Crippen LogP contribution in [0.2, 0.25) is 0 Å². The molecular formula is C17H23N5. The second-order valence-corrected chi connectivity index (χ2v) is 7.14. The highest BCUT2D eigenvalue weighted by Gasteiger charge is 2.48. The number of hydrogen-bond acceptors (Lipinski definition) is 5. The molecule has 0 spiro atoms. The van der Waals surface area contributed by atoms with Crippen LogP contribution in [0.4, 0.5) is 22.9 Å². The highest BCUT2D eigenvalue weighted by Crippen LogP contribution is 2.54. The Kier molecular flexibility index (Phi) is 2.83. The zero-order valence-electron chi connectivity index (χ0n) is 13.3. The summed E-state index contributed by atoms with van der Waals surface area (Å²) in [6.07, 6.45) is 0.874. The van der Waals surface area contributed by atoms with Gasteiger partial charge in [0.1, 0.15) is 5.82 Å². The maximum Gasteiger partial charge on any atom is 0.125 e. The molecule has 1 aromatic carbocycles. The third kappa shape index (κ3) is 1.96. The Morgan fingerprint density at radius 2 is 1.50 bits per heavy atom. The van der Waals surface area contributed by atoms with Gasteiger partial charge in [-0.1, -0.05) is 20.8 Å². The average molecular weight is 297 g/mol. The number of aromatic nitrogens is 1. The molecule has 1 atom stereocenters. The van der Waals surface area contributed by atoms with E-state index in [1.165, 1.54) is 0 Å². The molecule has 22 heavy (non-hydrogen) atoms. The quantitative estimate of drug-likeness (QED) is 0.603. The molecule has 0 saturated heterocycles. The lowest BCUT2D eigenvalue weighted by molar-refractivity contribution is 0.421. The molecule has 2 aromatic rings. The Morgan fingerprint density at radius 1 is 0.909 bits per heavy atom. The van der Waals surface area contributed by atoms with Crippen LogP contribution in [0.15, 0.2) is 24.3 Å². The molecule has 0 amide bonds. The summed E-state index contributed by atoms with van der Waals surface area (Å²) in [5.41, 5.74) is 28.8. The van der Waals surface area contributed by atoms with E-state index in [2.05, 4.69) is 25.8 Å². The second kappa shape index (κ2) is 4.29. The van der Waals surface area contributed by atoms with Crippen LogP contribution in [-0.4, -0.2) is 4.98 Å². The highest BCUT2D eigenvalue weighted by atomic mass is 14.9. The summed E-state index contributed by atoms with van der Waals surface area (Å²) in [7, 11) is 0. The molecule has 0 fully saturated rings. The third-order valence-corrected chi connectivity index (χ3v) is 4.67. The predicted molar refractivity (Wildman–Crippen MR) is 92.4 cm³/mol. The number of nitrogens with two attached hydrogens (primary N) is 4. The molecule has 5 nitrogen and oxygen atoms in total. The molecule has 8 N–H and O–H groups in total. The Labute approximate surface area is 130 Å². The standard InChI is InChI=1S/C17H23N5/c1-16(2)8-17(3,9-4-10(18)6-11(19)5-9)14-12(20)7-13(21)22-15(14)16/h4-7H,8,18-19H2,1-3H3,(H4,20,21,22). The summed E-state index contributed by atoms with van der Waals surface area (Å²) in [6, 6.07) is 7.43. The van der Waals surface area contributed by atoms with Crippen molar-refractivity contribution in [3.8, 4) is 0 Å². The van der Waals surface area contributed by atoms with E-state index in [1.807, 2.05) is 12.1 Å². The number of fused-ring (bicyclic) bond motifs is 1. The van der Waals surface area contributed by atoms with Crippen LogP contribution in [0.1, 0.15) is 44.0 Å². The monoisotopic (exact) mass is 297 g/mol. The summed E-state index contributed by atoms with van der Waals surface area (Å²) in [5.74, 6) is 0.459. The molecule has 1 aliphatic carbocycles. The predicted octanol–water partition coefficient (Wildman–Crippen LogP) is 2.40. The maximum atomic E-state index is 6.30. The smallest absolute Gasteiger partial charge is 0.125 e. The van der Waals surface area contributed by atoms with Gasteiger partial charge in [0.2, 0.25) is 0 Å². The van der Waals surface area contributed by atoms with E-state index >= 15 is 0 Å². The first-order chi connectivity index (χ1) is 10.1. The van der Waals surface area contributed by atoms with E-state index in [0.717, 1.165) is 23.2 Å². The van der Waals surface area contributed by atoms with Gasteiger partial charge in [-0.25, -0.2) is 4.98 Å². The van der Waals surface area contributed by atoms with Crippen molar-refractivity contribution in [3.63, 3.8) is 0 Å². The number of nitrogen functional groups attached to an aromatic ring is 4. The van der Waals surface area contributed by atoms with Crippen molar-refractivity contribution >= 4 is 22.9 Å². The van der Waals surface area contributed by atoms with Gasteiger partial charge < -0.3 is 22.9 Å². The number of nitrogens with zero attached hydrogens (tertiary/aromatic N) is 1. The van der Waals surface area contributed by atoms with Crippen LogP contribution in [-0.2, 0) is 10.8 Å². The van der Waals surface area contributed by atoms with Crippen LogP contribution in [0.5, 0.6) is 0 Å². The van der Waals surface area contributed by atoms with Crippen LogP contribution in [0.3, 0.4) is 0 Å². The fraction of sp³-hybridized carbons (Fsp3) is 0.353. The largest absolute Gasteiger partial charge is 0.399 e. The molecule has 0 aliphatic heterocycles. The first kappa shape index (κ1) is 14.5. The lowest BCUT2D eigenvalue weighted by atomic mass is 9.74. The average Bonchev–Trinajstić information content (AvgIpc) is 2.56. The summed E-state index contributed by atoms with van der Waals surface area (Å²) < 4.78 is 0. The summed E-state index contributed by atoms with van der Waals surface area (Å²) in [6.45, 7) is 6.50. The molecule has 0 radical (unpaired) electrons. The lowest BCUT2D eigenvalue weighted by Gasteiger charge is -2.29. The van der Waals surface area contributed by atoms with Gasteiger partial charge in [-0.15, -0.1) is 0 Å². The summed E-state index contributed by atoms with van der Waals surface area (Å²) in [5, 5.41) is 0. The maximum absolute atomic E-state index is 6.30. The third-order valence-electron chi connectivity index (χ3n) is 4.67. The molecule has 1 aromatic heterocycles. The van der Waals surface area contributed by atoms with Crippen molar-refractivity contribution in [2.75, 3.05) is 22.9 Å². The molecule has 116 valence electrons. The Balaban J connectivity index is 2.30. The summed E-state index contributed by atoms with van der Waals surface area (Å²) in [4.78, 5) is 4.57. The molecule has 1 aliphatic rings. The first-order valence-corrected chi connectivity index (χ1v) is 7.37. The first-order valence-electron chi connectivity index (χ1n) is 7.37. The van der Waals surface area contributed by atoms with E-state index < -0.39 is 0 Å². The molecule has 3 rings (SSSR count). The molecule has 1 unspecified atom stereocenters. The van der Waals surface area contributed by atoms with E-state index in [9.17, 15) is 0 Å². The van der Waals surface area contributed by atoms with Crippen molar-refractivity contribution in [3.05, 3.63) is 41.1 Å². The van der Waals surface area contributed by atoms with Crippen LogP contribution < -0.4 is 22.9 Å². The molecule has 1 heterocycles. The zero-order valence-corrected chi connectivity index (χ0v) is 13.3. The van der Waals surface area contributed by atoms with E-state index in [-0.39, 0.29) is 10.8 Å². The van der Waals surface area contributed by atoms with Gasteiger partial charge in [0.05, 0.1) is 5.69 Å². The fourth-order valence-corrected chi connectivity index (χ4v) is 3.95. The number of anilines is 4. The van der Waals surface area contributed by atoms with E-state index in [4.69, 9.17) is 22.9 Å². The SMILES string of the molecule is CC1(C)CC(C)(c2cc(N)cc(N)c2)c2c(N)cc(N)nc21. The minimum absolute atomic E-state index is 0.118. The fourth-order valence-electron chi connectivity index (χ4n) is 3.95. The normalized spacial score (nSPS) is 22.5. The Hall–Kier alpha value is -2.43. The van der Waals surface area contributed by atoms with Gasteiger partial charge in [0, 0.05) is 39.5 Å². The summed E-state index contributed by atoms with van der Waals surface area (Å²) >= 11 is 0. The highest BCUT2D eigenvalue weighted by molar-refractivity contribution is 5.67. The Morgan fingerprint density at radius 3 is 2.09 bits per heavy atom. The van der Waals surface area contributed by atoms with Crippen LogP contribution >= 0.6 is 0 Å². The zero-order chi connectivity index (χ0) is 16.3. The van der Waals surface area contributed by atoms with Crippen molar-refractivity contribution in [1.29, 1.82) is 0 Å². The van der Waals surface area contributed by atoms with Crippen molar-refractivity contribution < 1.29 is 0 Å². The molecule has 0 bridgehead atoms. The van der Waals surface area contributed by atoms with Crippen molar-refractivity contribution in [2.24, 2.45) is 0 Å². The lowest BCUT2D eigenvalue weighted by Crippen LogP contribution is -2.24. The van der Waals surface area contributed by atoms with Gasteiger partial charge >= 0.3 is 0 Å². The van der Waals surface area contributed by atoms with E-state index in [0.29, 0.717) is 22.9 Å². The van der Waals surface area contributed by atoms with Gasteiger partial charge in [0.15, 0.2) is 0 Å². The van der Waals surface area contributed by atoms with Crippen molar-refractivity contribution in [1.82, 2.24) is 4.98 Å². The molecule has 0 saturated carbocycles. The number of pyridine rings is 1. The second-order valence-electron chi connectivity index (χ2n) is 7.14. The topological polar surface area (TPSA) is 117 Å². The van der Waals surface area contributed by atoms with Crippen LogP contribution in [0, 0.1) is 0 Å². The van der Waals surface area contributed by atoms with Gasteiger partial charge in [-0.2, -0.15) is 0 Å². The van der Waals surface area contributed by atoms with Gasteiger partial charge in [-0.3, -0.25) is 0 Å². The molecule has 5 heteroatoms. The minimum Gasteiger partial charge on any atom is -0.399 e. The number of hydrogen-bond donors (Lipinski definition) is 4. The number of benzene rings is 1. The van der Waals surface area contributed by atoms with Gasteiger partial charge in [0.25, 0.3) is 0 Å². The molecular weight excluding hydrogens is 274 g/mol. The van der Waals surface area contributed by atoms with Gasteiger partial charge in [-0.05, 0) is 30.2 Å². The van der Waals surface area contributed by atoms with E-state index in [1.54, 1.807) is 12.1 Å².